The van der Waals surface area contributed by atoms with Crippen LogP contribution in [0.4, 0.5) is 0 Å². The molecule has 0 aliphatic carbocycles. The van der Waals surface area contributed by atoms with E-state index in [4.69, 9.17) is 10.00 Å². The molecule has 0 saturated carbocycles. The van der Waals surface area contributed by atoms with Crippen LogP contribution in [0.15, 0.2) is 22.9 Å². The second-order valence-corrected chi connectivity index (χ2v) is 5.32. The van der Waals surface area contributed by atoms with E-state index in [9.17, 15) is 0 Å². The van der Waals surface area contributed by atoms with Crippen LogP contribution in [0.2, 0.25) is 0 Å². The Bertz CT molecular complexity index is 604. The fraction of sp³-hybridized carbons (Fsp3) is 0.250. The number of hydrogen-bond acceptors (Lipinski definition) is 5. The smallest absolute Gasteiger partial charge is 0.209 e. The van der Waals surface area contributed by atoms with Gasteiger partial charge in [-0.05, 0) is 59.5 Å². The molecule has 2 rings (SSSR count). The van der Waals surface area contributed by atoms with Gasteiger partial charge in [0.05, 0.1) is 11.7 Å². The Morgan fingerprint density at radius 2 is 2.22 bits per heavy atom. The van der Waals surface area contributed by atoms with Crippen LogP contribution in [0.3, 0.4) is 0 Å². The van der Waals surface area contributed by atoms with Gasteiger partial charge in [-0.15, -0.1) is 0 Å². The lowest BCUT2D eigenvalue weighted by molar-refractivity contribution is 0.242. The van der Waals surface area contributed by atoms with Crippen LogP contribution in [-0.2, 0) is 0 Å². The Morgan fingerprint density at radius 1 is 1.44 bits per heavy atom. The number of nitriles is 1. The van der Waals surface area contributed by atoms with E-state index in [2.05, 4.69) is 31.4 Å². The number of ether oxygens (including phenoxy) is 1. The molecule has 0 atom stereocenters. The van der Waals surface area contributed by atoms with Crippen molar-refractivity contribution >= 4 is 27.5 Å². The molecule has 18 heavy (non-hydrogen) atoms. The second kappa shape index (κ2) is 5.46. The number of hydrogen-bond donors (Lipinski definition) is 0. The minimum atomic E-state index is 0.0404. The van der Waals surface area contributed by atoms with Gasteiger partial charge in [-0.1, -0.05) is 0 Å². The summed E-state index contributed by atoms with van der Waals surface area (Å²) < 4.78 is 10.2. The summed E-state index contributed by atoms with van der Waals surface area (Å²) in [6.45, 7) is 3.86. The zero-order chi connectivity index (χ0) is 13.1. The Kier molecular flexibility index (Phi) is 3.94. The summed E-state index contributed by atoms with van der Waals surface area (Å²) >= 11 is 4.49. The molecule has 0 aliphatic rings. The number of halogens is 1. The third kappa shape index (κ3) is 2.86. The predicted molar refractivity (Wildman–Crippen MR) is 73.5 cm³/mol. The molecule has 0 spiro atoms. The second-order valence-electron chi connectivity index (χ2n) is 3.86. The molecular formula is C12H10BrN3OS. The molecule has 2 aromatic rings. The van der Waals surface area contributed by atoms with Gasteiger partial charge >= 0.3 is 0 Å². The molecule has 0 aliphatic heterocycles. The van der Waals surface area contributed by atoms with Crippen molar-refractivity contribution in [2.24, 2.45) is 0 Å². The maximum atomic E-state index is 9.14. The summed E-state index contributed by atoms with van der Waals surface area (Å²) in [5.74, 6) is 0.597. The maximum Gasteiger partial charge on any atom is 0.209 e. The number of nitrogens with zero attached hydrogens (tertiary/aromatic N) is 3. The summed E-state index contributed by atoms with van der Waals surface area (Å²) in [6.07, 6.45) is 0.0404. The molecule has 4 nitrogen and oxygen atoms in total. The van der Waals surface area contributed by atoms with Crippen LogP contribution in [0, 0.1) is 11.3 Å². The first-order valence-electron chi connectivity index (χ1n) is 5.30. The van der Waals surface area contributed by atoms with Crippen LogP contribution in [-0.4, -0.2) is 15.5 Å². The Hall–Kier alpha value is -1.45. The van der Waals surface area contributed by atoms with Gasteiger partial charge in [-0.25, -0.2) is 4.98 Å². The van der Waals surface area contributed by atoms with Gasteiger partial charge in [0.2, 0.25) is 4.73 Å². The van der Waals surface area contributed by atoms with E-state index in [1.807, 2.05) is 19.9 Å². The first-order valence-corrected chi connectivity index (χ1v) is 6.87. The van der Waals surface area contributed by atoms with Crippen molar-refractivity contribution in [1.82, 2.24) is 9.36 Å². The van der Waals surface area contributed by atoms with Gasteiger partial charge < -0.3 is 4.74 Å². The highest BCUT2D eigenvalue weighted by molar-refractivity contribution is 9.10. The molecule has 0 radical (unpaired) electrons. The Labute approximate surface area is 118 Å². The molecule has 0 fully saturated rings. The van der Waals surface area contributed by atoms with Crippen LogP contribution in [0.25, 0.3) is 10.6 Å². The standard InChI is InChI=1S/C12H10BrN3OS/c1-7(2)17-10-4-3-8(5-9(10)6-14)11-15-12(13)16-18-11/h3-5,7H,1-2H3. The van der Waals surface area contributed by atoms with Crippen LogP contribution < -0.4 is 4.74 Å². The van der Waals surface area contributed by atoms with Crippen molar-refractivity contribution in [2.45, 2.75) is 20.0 Å². The minimum Gasteiger partial charge on any atom is -0.490 e. The highest BCUT2D eigenvalue weighted by Crippen LogP contribution is 2.28. The summed E-state index contributed by atoms with van der Waals surface area (Å²) in [5, 5.41) is 9.91. The summed E-state index contributed by atoms with van der Waals surface area (Å²) in [7, 11) is 0. The van der Waals surface area contributed by atoms with Crippen molar-refractivity contribution in [3.8, 4) is 22.4 Å². The van der Waals surface area contributed by atoms with Gasteiger partial charge in [0.1, 0.15) is 16.8 Å². The summed E-state index contributed by atoms with van der Waals surface area (Å²) in [6, 6.07) is 7.58. The summed E-state index contributed by atoms with van der Waals surface area (Å²) in [5.41, 5.74) is 1.37. The zero-order valence-corrected chi connectivity index (χ0v) is 12.2. The van der Waals surface area contributed by atoms with Crippen molar-refractivity contribution in [2.75, 3.05) is 0 Å². The molecule has 1 aromatic carbocycles. The quantitative estimate of drug-likeness (QED) is 0.865. The van der Waals surface area contributed by atoms with E-state index in [1.54, 1.807) is 12.1 Å². The van der Waals surface area contributed by atoms with Gasteiger partial charge in [-0.3, -0.25) is 0 Å². The topological polar surface area (TPSA) is 58.8 Å². The average Bonchev–Trinajstić information content (AvgIpc) is 2.75. The van der Waals surface area contributed by atoms with E-state index < -0.39 is 0 Å². The third-order valence-electron chi connectivity index (χ3n) is 2.11. The normalized spacial score (nSPS) is 10.4. The Morgan fingerprint density at radius 3 is 2.78 bits per heavy atom. The third-order valence-corrected chi connectivity index (χ3v) is 3.46. The molecule has 0 bridgehead atoms. The minimum absolute atomic E-state index is 0.0404. The van der Waals surface area contributed by atoms with Crippen molar-refractivity contribution in [1.29, 1.82) is 5.26 Å². The van der Waals surface area contributed by atoms with E-state index in [1.165, 1.54) is 11.5 Å². The van der Waals surface area contributed by atoms with Gasteiger partial charge in [-0.2, -0.15) is 9.64 Å². The lowest BCUT2D eigenvalue weighted by Crippen LogP contribution is -2.06. The van der Waals surface area contributed by atoms with E-state index >= 15 is 0 Å². The Balaban J connectivity index is 2.39. The lowest BCUT2D eigenvalue weighted by atomic mass is 10.1. The van der Waals surface area contributed by atoms with Crippen molar-refractivity contribution in [3.05, 3.63) is 28.5 Å². The molecule has 0 N–H and O–H groups in total. The van der Waals surface area contributed by atoms with Gasteiger partial charge in [0, 0.05) is 5.56 Å². The van der Waals surface area contributed by atoms with Gasteiger partial charge in [0.25, 0.3) is 0 Å². The van der Waals surface area contributed by atoms with Crippen LogP contribution >= 0.6 is 27.5 Å². The SMILES string of the molecule is CC(C)Oc1ccc(-c2nc(Br)ns2)cc1C#N. The highest BCUT2D eigenvalue weighted by atomic mass is 79.9. The van der Waals surface area contributed by atoms with E-state index in [0.717, 1.165) is 10.6 Å². The fourth-order valence-corrected chi connectivity index (χ4v) is 2.50. The molecule has 6 heteroatoms. The first kappa shape index (κ1) is 13.0. The van der Waals surface area contributed by atoms with Crippen LogP contribution in [0.5, 0.6) is 5.75 Å². The fourth-order valence-electron chi connectivity index (χ4n) is 1.43. The lowest BCUT2D eigenvalue weighted by Gasteiger charge is -2.11. The molecule has 0 saturated heterocycles. The average molecular weight is 324 g/mol. The van der Waals surface area contributed by atoms with E-state index in [0.29, 0.717) is 16.0 Å². The number of benzene rings is 1. The maximum absolute atomic E-state index is 9.14. The molecule has 0 unspecified atom stereocenters. The zero-order valence-electron chi connectivity index (χ0n) is 9.85. The van der Waals surface area contributed by atoms with Gasteiger partial charge in [0.15, 0.2) is 0 Å². The van der Waals surface area contributed by atoms with Crippen molar-refractivity contribution in [3.63, 3.8) is 0 Å². The predicted octanol–water partition coefficient (Wildman–Crippen LogP) is 3.63. The van der Waals surface area contributed by atoms with Crippen LogP contribution in [0.1, 0.15) is 19.4 Å². The molecular weight excluding hydrogens is 314 g/mol. The summed E-state index contributed by atoms with van der Waals surface area (Å²) in [4.78, 5) is 4.22. The molecule has 1 heterocycles. The number of rotatable bonds is 3. The van der Waals surface area contributed by atoms with E-state index in [-0.39, 0.29) is 6.10 Å². The highest BCUT2D eigenvalue weighted by Gasteiger charge is 2.10. The largest absolute Gasteiger partial charge is 0.490 e. The molecule has 1 aromatic heterocycles. The molecule has 92 valence electrons. The number of aromatic nitrogens is 2. The first-order chi connectivity index (χ1) is 8.60. The monoisotopic (exact) mass is 323 g/mol. The van der Waals surface area contributed by atoms with Crippen molar-refractivity contribution < 1.29 is 4.74 Å². The molecule has 0 amide bonds.